The Labute approximate surface area is 163 Å². The first-order valence-electron chi connectivity index (χ1n) is 9.75. The van der Waals surface area contributed by atoms with Gasteiger partial charge in [0.1, 0.15) is 11.3 Å². The fraction of sp³-hybridized carbons (Fsp3) is 0.304. The van der Waals surface area contributed by atoms with Crippen molar-refractivity contribution >= 4 is 16.9 Å². The number of para-hydroxylation sites is 1. The van der Waals surface area contributed by atoms with Crippen LogP contribution in [-0.4, -0.2) is 24.0 Å². The third-order valence-corrected chi connectivity index (χ3v) is 5.01. The molecule has 1 aliphatic heterocycles. The smallest absolute Gasteiger partial charge is 0.290 e. The first-order chi connectivity index (χ1) is 13.7. The molecular weight excluding hydrogens is 354 g/mol. The average molecular weight is 377 g/mol. The Morgan fingerprint density at radius 1 is 1.00 bits per heavy atom. The van der Waals surface area contributed by atoms with Crippen molar-refractivity contribution < 1.29 is 13.9 Å². The molecule has 0 spiro atoms. The molecule has 1 amide bonds. The van der Waals surface area contributed by atoms with Crippen LogP contribution in [0, 0.1) is 0 Å². The van der Waals surface area contributed by atoms with E-state index in [1.807, 2.05) is 31.2 Å². The van der Waals surface area contributed by atoms with Gasteiger partial charge < -0.3 is 14.1 Å². The molecule has 0 unspecified atom stereocenters. The maximum Gasteiger partial charge on any atom is 0.290 e. The quantitative estimate of drug-likeness (QED) is 0.633. The van der Waals surface area contributed by atoms with E-state index in [0.29, 0.717) is 29.7 Å². The van der Waals surface area contributed by atoms with Crippen molar-refractivity contribution in [3.05, 3.63) is 75.6 Å². The molecular formula is C23H23NO4. The topological polar surface area (TPSA) is 59.8 Å². The Morgan fingerprint density at radius 3 is 2.46 bits per heavy atom. The van der Waals surface area contributed by atoms with E-state index < -0.39 is 6.04 Å². The lowest BCUT2D eigenvalue weighted by molar-refractivity contribution is 0.0728. The van der Waals surface area contributed by atoms with Gasteiger partial charge in [-0.05, 0) is 42.7 Å². The van der Waals surface area contributed by atoms with Gasteiger partial charge in [0.25, 0.3) is 5.91 Å². The highest BCUT2D eigenvalue weighted by Crippen LogP contribution is 2.38. The zero-order valence-electron chi connectivity index (χ0n) is 16.1. The summed E-state index contributed by atoms with van der Waals surface area (Å²) in [5.41, 5.74) is 1.62. The number of hydrogen-bond donors (Lipinski definition) is 0. The molecule has 5 heteroatoms. The molecule has 1 aromatic heterocycles. The van der Waals surface area contributed by atoms with Crippen LogP contribution in [0.2, 0.25) is 0 Å². The number of hydrogen-bond acceptors (Lipinski definition) is 4. The van der Waals surface area contributed by atoms with Crippen molar-refractivity contribution in [2.75, 3.05) is 13.2 Å². The summed E-state index contributed by atoms with van der Waals surface area (Å²) in [6.45, 7) is 5.28. The van der Waals surface area contributed by atoms with Gasteiger partial charge >= 0.3 is 0 Å². The van der Waals surface area contributed by atoms with Crippen molar-refractivity contribution in [2.45, 2.75) is 32.7 Å². The molecule has 0 radical (unpaired) electrons. The first-order valence-corrected chi connectivity index (χ1v) is 9.75. The van der Waals surface area contributed by atoms with Crippen molar-refractivity contribution in [1.29, 1.82) is 0 Å². The number of ether oxygens (including phenoxy) is 1. The van der Waals surface area contributed by atoms with Crippen molar-refractivity contribution in [3.8, 4) is 5.75 Å². The normalized spacial score (nSPS) is 15.9. The molecule has 0 N–H and O–H groups in total. The van der Waals surface area contributed by atoms with Gasteiger partial charge in [-0.3, -0.25) is 9.59 Å². The van der Waals surface area contributed by atoms with Crippen LogP contribution in [0.4, 0.5) is 0 Å². The number of fused-ring (bicyclic) bond motifs is 2. The molecule has 0 saturated carbocycles. The summed E-state index contributed by atoms with van der Waals surface area (Å²) in [6.07, 6.45) is 1.73. The Kier molecular flexibility index (Phi) is 4.90. The maximum absolute atomic E-state index is 13.2. The van der Waals surface area contributed by atoms with Crippen LogP contribution in [0.1, 0.15) is 54.4 Å². The van der Waals surface area contributed by atoms with Crippen molar-refractivity contribution in [3.63, 3.8) is 0 Å². The number of amides is 1. The SMILES string of the molecule is CCCOc1ccc([C@H]2c3c(oc4ccccc4c3=O)C(=O)N2CCC)cc1. The summed E-state index contributed by atoms with van der Waals surface area (Å²) in [5, 5.41) is 0.500. The second-order valence-corrected chi connectivity index (χ2v) is 6.99. The zero-order chi connectivity index (χ0) is 19.7. The Morgan fingerprint density at radius 2 is 1.75 bits per heavy atom. The Bertz CT molecular complexity index is 1070. The number of carbonyl (C=O) groups is 1. The second-order valence-electron chi connectivity index (χ2n) is 6.99. The molecule has 0 aliphatic carbocycles. The van der Waals surface area contributed by atoms with Crippen LogP contribution in [0.25, 0.3) is 11.0 Å². The minimum Gasteiger partial charge on any atom is -0.494 e. The van der Waals surface area contributed by atoms with Crippen LogP contribution in [0.3, 0.4) is 0 Å². The van der Waals surface area contributed by atoms with Crippen LogP contribution in [-0.2, 0) is 0 Å². The highest BCUT2D eigenvalue weighted by Gasteiger charge is 2.42. The van der Waals surface area contributed by atoms with Gasteiger partial charge in [-0.2, -0.15) is 0 Å². The lowest BCUT2D eigenvalue weighted by Gasteiger charge is -2.24. The first kappa shape index (κ1) is 18.3. The highest BCUT2D eigenvalue weighted by molar-refractivity contribution is 5.99. The number of nitrogens with zero attached hydrogens (tertiary/aromatic N) is 1. The van der Waals surface area contributed by atoms with E-state index in [4.69, 9.17) is 9.15 Å². The van der Waals surface area contributed by atoms with Crippen molar-refractivity contribution in [1.82, 2.24) is 4.90 Å². The summed E-state index contributed by atoms with van der Waals surface area (Å²) < 4.78 is 11.5. The predicted molar refractivity (Wildman–Crippen MR) is 108 cm³/mol. The van der Waals surface area contributed by atoms with E-state index in [0.717, 1.165) is 24.2 Å². The number of rotatable bonds is 6. The summed E-state index contributed by atoms with van der Waals surface area (Å²) >= 11 is 0. The van der Waals surface area contributed by atoms with Crippen LogP contribution < -0.4 is 10.2 Å². The van der Waals surface area contributed by atoms with Gasteiger partial charge in [0, 0.05) is 6.54 Å². The zero-order valence-corrected chi connectivity index (χ0v) is 16.1. The molecule has 5 nitrogen and oxygen atoms in total. The fourth-order valence-corrected chi connectivity index (χ4v) is 3.75. The lowest BCUT2D eigenvalue weighted by Crippen LogP contribution is -2.30. The standard InChI is InChI=1S/C23H23NO4/c1-3-13-24-20(15-9-11-16(12-10-15)27-14-4-2)19-21(25)17-7-5-6-8-18(17)28-22(19)23(24)26/h5-12,20H,3-4,13-14H2,1-2H3/t20-/m0/s1. The third-order valence-electron chi connectivity index (χ3n) is 5.01. The molecule has 2 heterocycles. The van der Waals surface area contributed by atoms with Gasteiger partial charge in [0.05, 0.1) is 23.6 Å². The van der Waals surface area contributed by atoms with E-state index >= 15 is 0 Å². The largest absolute Gasteiger partial charge is 0.494 e. The summed E-state index contributed by atoms with van der Waals surface area (Å²) in [7, 11) is 0. The molecule has 3 aromatic rings. The molecule has 4 rings (SSSR count). The monoisotopic (exact) mass is 377 g/mol. The van der Waals surface area contributed by atoms with Crippen LogP contribution in [0.15, 0.2) is 57.7 Å². The molecule has 1 aliphatic rings. The Balaban J connectivity index is 1.85. The minimum atomic E-state index is -0.441. The number of carbonyl (C=O) groups excluding carboxylic acids is 1. The minimum absolute atomic E-state index is 0.139. The molecule has 0 saturated heterocycles. The van der Waals surface area contributed by atoms with E-state index in [-0.39, 0.29) is 17.1 Å². The van der Waals surface area contributed by atoms with E-state index in [2.05, 4.69) is 6.92 Å². The van der Waals surface area contributed by atoms with Gasteiger partial charge in [0.15, 0.2) is 5.43 Å². The molecule has 0 fully saturated rings. The van der Waals surface area contributed by atoms with Crippen molar-refractivity contribution in [2.24, 2.45) is 0 Å². The third kappa shape index (κ3) is 2.97. The van der Waals surface area contributed by atoms with Crippen LogP contribution >= 0.6 is 0 Å². The summed E-state index contributed by atoms with van der Waals surface area (Å²) in [6, 6.07) is 14.3. The Hall–Kier alpha value is -3.08. The van der Waals surface area contributed by atoms with Gasteiger partial charge in [-0.15, -0.1) is 0 Å². The van der Waals surface area contributed by atoms with Crippen LogP contribution in [0.5, 0.6) is 5.75 Å². The highest BCUT2D eigenvalue weighted by atomic mass is 16.5. The second kappa shape index (κ2) is 7.50. The van der Waals surface area contributed by atoms with E-state index in [9.17, 15) is 9.59 Å². The lowest BCUT2D eigenvalue weighted by atomic mass is 9.98. The average Bonchev–Trinajstić information content (AvgIpc) is 3.00. The molecule has 144 valence electrons. The van der Waals surface area contributed by atoms with E-state index in [1.165, 1.54) is 0 Å². The molecule has 28 heavy (non-hydrogen) atoms. The van der Waals surface area contributed by atoms with Gasteiger partial charge in [-0.1, -0.05) is 38.1 Å². The maximum atomic E-state index is 13.2. The van der Waals surface area contributed by atoms with E-state index in [1.54, 1.807) is 29.2 Å². The number of benzene rings is 2. The molecule has 0 bridgehead atoms. The molecule has 2 aromatic carbocycles. The van der Waals surface area contributed by atoms with Gasteiger partial charge in [0.2, 0.25) is 5.76 Å². The fourth-order valence-electron chi connectivity index (χ4n) is 3.75. The summed E-state index contributed by atoms with van der Waals surface area (Å²) in [5.74, 6) is 0.715. The summed E-state index contributed by atoms with van der Waals surface area (Å²) in [4.78, 5) is 28.0. The predicted octanol–water partition coefficient (Wildman–Crippen LogP) is 4.54. The molecule has 1 atom stereocenters. The van der Waals surface area contributed by atoms with Gasteiger partial charge in [-0.25, -0.2) is 0 Å².